The molecule has 0 fully saturated rings. The van der Waals surface area contributed by atoms with Crippen LogP contribution in [0.25, 0.3) is 21.3 Å². The zero-order valence-electron chi connectivity index (χ0n) is 14.6. The average Bonchev–Trinajstić information content (AvgIpc) is 3.30. The van der Waals surface area contributed by atoms with Gasteiger partial charge in [-0.05, 0) is 23.9 Å². The average molecular weight is 396 g/mol. The van der Waals surface area contributed by atoms with Crippen LogP contribution in [0, 0.1) is 6.92 Å². The van der Waals surface area contributed by atoms with Gasteiger partial charge in [-0.1, -0.05) is 36.4 Å². The molecule has 0 aliphatic carbocycles. The first-order valence-corrected chi connectivity index (χ1v) is 10.2. The third kappa shape index (κ3) is 3.56. The molecule has 0 saturated heterocycles. The third-order valence-electron chi connectivity index (χ3n) is 4.27. The highest BCUT2D eigenvalue weighted by Crippen LogP contribution is 2.35. The van der Waals surface area contributed by atoms with Crippen molar-refractivity contribution in [2.45, 2.75) is 20.0 Å². The maximum absolute atomic E-state index is 13.1. The van der Waals surface area contributed by atoms with Crippen molar-refractivity contribution < 1.29 is 4.79 Å². The molecule has 4 rings (SSSR count). The third-order valence-corrected chi connectivity index (χ3v) is 6.16. The fourth-order valence-corrected chi connectivity index (χ4v) is 4.66. The van der Waals surface area contributed by atoms with Crippen LogP contribution in [0.4, 0.5) is 0 Å². The highest BCUT2D eigenvalue weighted by molar-refractivity contribution is 7.19. The van der Waals surface area contributed by atoms with Gasteiger partial charge < -0.3 is 5.32 Å². The van der Waals surface area contributed by atoms with Crippen LogP contribution in [0.1, 0.15) is 9.75 Å². The largest absolute Gasteiger partial charge is 0.350 e. The second-order valence-electron chi connectivity index (χ2n) is 6.11. The zero-order valence-corrected chi connectivity index (χ0v) is 16.3. The number of nitrogens with one attached hydrogen (secondary N) is 1. The van der Waals surface area contributed by atoms with Crippen LogP contribution < -0.4 is 10.9 Å². The summed E-state index contributed by atoms with van der Waals surface area (Å²) in [5.41, 5.74) is 1.70. The van der Waals surface area contributed by atoms with E-state index in [1.165, 1.54) is 22.2 Å². The van der Waals surface area contributed by atoms with Crippen LogP contribution in [-0.2, 0) is 17.9 Å². The van der Waals surface area contributed by atoms with Gasteiger partial charge in [-0.3, -0.25) is 14.2 Å². The van der Waals surface area contributed by atoms with Crippen molar-refractivity contribution in [1.82, 2.24) is 14.9 Å². The molecule has 0 bridgehead atoms. The highest BCUT2D eigenvalue weighted by atomic mass is 32.1. The molecule has 0 saturated carbocycles. The zero-order chi connectivity index (χ0) is 18.8. The van der Waals surface area contributed by atoms with E-state index in [0.717, 1.165) is 20.9 Å². The van der Waals surface area contributed by atoms with Gasteiger partial charge in [0.05, 0.1) is 18.3 Å². The molecule has 3 heterocycles. The first-order chi connectivity index (χ1) is 13.1. The molecule has 0 unspecified atom stereocenters. The maximum Gasteiger partial charge on any atom is 0.263 e. The highest BCUT2D eigenvalue weighted by Gasteiger charge is 2.17. The maximum atomic E-state index is 13.1. The summed E-state index contributed by atoms with van der Waals surface area (Å²) in [6.07, 6.45) is 1.46. The molecule has 27 heavy (non-hydrogen) atoms. The van der Waals surface area contributed by atoms with Crippen molar-refractivity contribution in [3.8, 4) is 11.1 Å². The van der Waals surface area contributed by atoms with Crippen molar-refractivity contribution in [1.29, 1.82) is 0 Å². The normalized spacial score (nSPS) is 11.0. The second kappa shape index (κ2) is 7.46. The predicted molar refractivity (Wildman–Crippen MR) is 110 cm³/mol. The molecule has 0 spiro atoms. The fraction of sp³-hybridized carbons (Fsp3) is 0.150. The SMILES string of the molecule is Cc1sc2ncn(CC(=O)NCc3cccs3)c(=O)c2c1-c1ccccc1. The Labute approximate surface area is 163 Å². The Bertz CT molecular complexity index is 1150. The van der Waals surface area contributed by atoms with Gasteiger partial charge in [0.2, 0.25) is 5.91 Å². The molecular weight excluding hydrogens is 378 g/mol. The lowest BCUT2D eigenvalue weighted by molar-refractivity contribution is -0.121. The van der Waals surface area contributed by atoms with E-state index in [1.807, 2.05) is 54.8 Å². The molecule has 0 aliphatic heterocycles. The van der Waals surface area contributed by atoms with Gasteiger partial charge >= 0.3 is 0 Å². The Morgan fingerprint density at radius 1 is 1.19 bits per heavy atom. The number of carbonyl (C=O) groups is 1. The van der Waals surface area contributed by atoms with Crippen LogP contribution in [0.3, 0.4) is 0 Å². The van der Waals surface area contributed by atoms with Crippen molar-refractivity contribution >= 4 is 38.8 Å². The van der Waals surface area contributed by atoms with Crippen LogP contribution in [-0.4, -0.2) is 15.5 Å². The fourth-order valence-electron chi connectivity index (χ4n) is 3.01. The minimum atomic E-state index is -0.208. The molecule has 3 aromatic heterocycles. The molecule has 1 N–H and O–H groups in total. The Hall–Kier alpha value is -2.77. The predicted octanol–water partition coefficient (Wildman–Crippen LogP) is 3.81. The smallest absolute Gasteiger partial charge is 0.263 e. The van der Waals surface area contributed by atoms with E-state index < -0.39 is 0 Å². The number of rotatable bonds is 5. The summed E-state index contributed by atoms with van der Waals surface area (Å²) in [6.45, 7) is 2.41. The lowest BCUT2D eigenvalue weighted by Crippen LogP contribution is -2.32. The van der Waals surface area contributed by atoms with Crippen LogP contribution in [0.2, 0.25) is 0 Å². The number of nitrogens with zero attached hydrogens (tertiary/aromatic N) is 2. The lowest BCUT2D eigenvalue weighted by Gasteiger charge is -2.07. The van der Waals surface area contributed by atoms with E-state index in [-0.39, 0.29) is 18.0 Å². The summed E-state index contributed by atoms with van der Waals surface area (Å²) in [4.78, 5) is 32.6. The Morgan fingerprint density at radius 3 is 2.74 bits per heavy atom. The number of aryl methyl sites for hydroxylation is 1. The molecule has 5 nitrogen and oxygen atoms in total. The molecule has 0 atom stereocenters. The van der Waals surface area contributed by atoms with Gasteiger partial charge in [0.25, 0.3) is 5.56 Å². The molecule has 0 radical (unpaired) electrons. The Balaban J connectivity index is 1.66. The van der Waals surface area contributed by atoms with E-state index >= 15 is 0 Å². The molecular formula is C20H17N3O2S2. The van der Waals surface area contributed by atoms with Crippen LogP contribution in [0.15, 0.2) is 59.0 Å². The Morgan fingerprint density at radius 2 is 2.00 bits per heavy atom. The number of benzene rings is 1. The van der Waals surface area contributed by atoms with Crippen LogP contribution >= 0.6 is 22.7 Å². The number of thiophene rings is 2. The lowest BCUT2D eigenvalue weighted by atomic mass is 10.0. The van der Waals surface area contributed by atoms with Gasteiger partial charge in [-0.2, -0.15) is 0 Å². The summed E-state index contributed by atoms with van der Waals surface area (Å²) in [5.74, 6) is -0.208. The summed E-state index contributed by atoms with van der Waals surface area (Å²) in [7, 11) is 0. The van der Waals surface area contributed by atoms with Gasteiger partial charge in [0.15, 0.2) is 0 Å². The second-order valence-corrected chi connectivity index (χ2v) is 8.35. The number of fused-ring (bicyclic) bond motifs is 1. The van der Waals surface area contributed by atoms with Crippen molar-refractivity contribution in [3.63, 3.8) is 0 Å². The standard InChI is InChI=1S/C20H17N3O2S2/c1-13-17(14-6-3-2-4-7-14)18-19(27-13)22-12-23(20(18)25)11-16(24)21-10-15-8-5-9-26-15/h2-9,12H,10-11H2,1H3,(H,21,24). The minimum Gasteiger partial charge on any atom is -0.350 e. The van der Waals surface area contributed by atoms with Crippen molar-refractivity contribution in [3.05, 3.63) is 74.3 Å². The molecule has 4 aromatic rings. The quantitative estimate of drug-likeness (QED) is 0.559. The number of hydrogen-bond donors (Lipinski definition) is 1. The monoisotopic (exact) mass is 395 g/mol. The summed E-state index contributed by atoms with van der Waals surface area (Å²) >= 11 is 3.08. The summed E-state index contributed by atoms with van der Waals surface area (Å²) < 4.78 is 1.38. The number of carbonyl (C=O) groups excluding carboxylic acids is 1. The minimum absolute atomic E-state index is 0.0454. The first-order valence-electron chi connectivity index (χ1n) is 8.46. The Kier molecular flexibility index (Phi) is 4.87. The number of aromatic nitrogens is 2. The molecule has 1 aromatic carbocycles. The number of hydrogen-bond acceptors (Lipinski definition) is 5. The van der Waals surface area contributed by atoms with E-state index in [2.05, 4.69) is 10.3 Å². The summed E-state index contributed by atoms with van der Waals surface area (Å²) in [5, 5.41) is 5.39. The van der Waals surface area contributed by atoms with Crippen molar-refractivity contribution in [2.75, 3.05) is 0 Å². The van der Waals surface area contributed by atoms with Gasteiger partial charge in [-0.25, -0.2) is 4.98 Å². The van der Waals surface area contributed by atoms with Gasteiger partial charge in [-0.15, -0.1) is 22.7 Å². The molecule has 7 heteroatoms. The first kappa shape index (κ1) is 17.6. The molecule has 136 valence electrons. The van der Waals surface area contributed by atoms with E-state index in [9.17, 15) is 9.59 Å². The topological polar surface area (TPSA) is 64.0 Å². The molecule has 1 amide bonds. The van der Waals surface area contributed by atoms with E-state index in [0.29, 0.717) is 16.8 Å². The van der Waals surface area contributed by atoms with Crippen LogP contribution in [0.5, 0.6) is 0 Å². The van der Waals surface area contributed by atoms with E-state index in [1.54, 1.807) is 11.3 Å². The van der Waals surface area contributed by atoms with Crippen molar-refractivity contribution in [2.24, 2.45) is 0 Å². The van der Waals surface area contributed by atoms with Gasteiger partial charge in [0.1, 0.15) is 11.4 Å². The molecule has 0 aliphatic rings. The van der Waals surface area contributed by atoms with Gasteiger partial charge in [0, 0.05) is 15.3 Å². The summed E-state index contributed by atoms with van der Waals surface area (Å²) in [6, 6.07) is 13.7. The number of amides is 1. The van der Waals surface area contributed by atoms with E-state index in [4.69, 9.17) is 0 Å².